The van der Waals surface area contributed by atoms with E-state index in [-0.39, 0.29) is 35.3 Å². The van der Waals surface area contributed by atoms with Crippen molar-refractivity contribution in [1.82, 2.24) is 20.3 Å². The van der Waals surface area contributed by atoms with Gasteiger partial charge in [-0.2, -0.15) is 0 Å². The maximum atomic E-state index is 12.2. The topological polar surface area (TPSA) is 144 Å². The van der Waals surface area contributed by atoms with Crippen molar-refractivity contribution in [2.24, 2.45) is 11.8 Å². The summed E-state index contributed by atoms with van der Waals surface area (Å²) in [5.41, 5.74) is 1.99. The Morgan fingerprint density at radius 3 is 2.65 bits per heavy atom. The highest BCUT2D eigenvalue weighted by molar-refractivity contribution is 5.96. The number of hydrogen-bond donors (Lipinski definition) is 3. The first-order chi connectivity index (χ1) is 16.4. The quantitative estimate of drug-likeness (QED) is 0.557. The molecule has 4 rings (SSSR count). The number of carboxylic acids is 1. The minimum atomic E-state index is -1.20. The number of aromatic nitrogens is 3. The Labute approximate surface area is 196 Å². The fourth-order valence-corrected chi connectivity index (χ4v) is 3.90. The second-order valence-corrected chi connectivity index (χ2v) is 8.19. The lowest BCUT2D eigenvalue weighted by Gasteiger charge is -2.33. The van der Waals surface area contributed by atoms with Crippen LogP contribution in [0, 0.1) is 18.8 Å². The van der Waals surface area contributed by atoms with Gasteiger partial charge in [0.1, 0.15) is 12.4 Å². The van der Waals surface area contributed by atoms with Gasteiger partial charge < -0.3 is 25.0 Å². The van der Waals surface area contributed by atoms with Crippen molar-refractivity contribution in [3.8, 4) is 5.75 Å². The Morgan fingerprint density at radius 1 is 1.21 bits per heavy atom. The highest BCUT2D eigenvalue weighted by Crippen LogP contribution is 2.30. The van der Waals surface area contributed by atoms with E-state index in [9.17, 15) is 14.7 Å². The molecule has 1 saturated heterocycles. The van der Waals surface area contributed by atoms with Crippen molar-refractivity contribution in [1.29, 1.82) is 0 Å². The number of nitrogens with one attached hydrogen (secondary N) is 1. The number of rotatable bonds is 7. The first-order valence-electron chi connectivity index (χ1n) is 11.0. The van der Waals surface area contributed by atoms with Gasteiger partial charge in [0.15, 0.2) is 17.7 Å². The molecule has 1 atom stereocenters. The monoisotopic (exact) mass is 466 g/mol. The molecular weight excluding hydrogens is 440 g/mol. The van der Waals surface area contributed by atoms with E-state index in [0.29, 0.717) is 19.1 Å². The van der Waals surface area contributed by atoms with Gasteiger partial charge in [-0.3, -0.25) is 14.6 Å². The molecule has 178 valence electrons. The van der Waals surface area contributed by atoms with Crippen LogP contribution in [0.15, 0.2) is 42.6 Å². The molecule has 0 bridgehead atoms. The van der Waals surface area contributed by atoms with E-state index in [1.54, 1.807) is 6.20 Å². The molecule has 3 N–H and O–H groups in total. The van der Waals surface area contributed by atoms with Crippen LogP contribution in [0.5, 0.6) is 5.75 Å². The van der Waals surface area contributed by atoms with Crippen LogP contribution in [0.2, 0.25) is 0 Å². The molecule has 1 aliphatic heterocycles. The second kappa shape index (κ2) is 10.5. The van der Waals surface area contributed by atoms with Gasteiger partial charge in [0.2, 0.25) is 0 Å². The van der Waals surface area contributed by atoms with Gasteiger partial charge in [-0.25, -0.2) is 9.97 Å². The summed E-state index contributed by atoms with van der Waals surface area (Å²) in [4.78, 5) is 35.6. The average molecular weight is 466 g/mol. The third-order valence-corrected chi connectivity index (χ3v) is 5.76. The molecule has 2 aromatic rings. The standard InChI is InChI=1S/C24H26N4O6/c1-14-23(31)22(24(32)26-11-20(29)30)28-19(27-14)10-21-33-12-17(13-34-21)15-5-7-16(8-6-15)18-4-2-3-9-25-18/h2-5,7-9,15,17,21,31H,6,10-13H2,1H3,(H,26,32)(H,29,30). The van der Waals surface area contributed by atoms with Gasteiger partial charge in [0.05, 0.1) is 31.0 Å². The lowest BCUT2D eigenvalue weighted by molar-refractivity contribution is -0.205. The van der Waals surface area contributed by atoms with Crippen LogP contribution < -0.4 is 5.32 Å². The lowest BCUT2D eigenvalue weighted by atomic mass is 9.85. The highest BCUT2D eigenvalue weighted by atomic mass is 16.7. The number of aromatic hydroxyl groups is 1. The SMILES string of the molecule is Cc1nc(CC2OCC(C3C=CC(c4ccccn4)=CC3)CO2)nc(C(=O)NCC(=O)O)c1O. The number of aryl methyl sites for hydroxylation is 1. The number of hydrogen-bond acceptors (Lipinski definition) is 8. The summed E-state index contributed by atoms with van der Waals surface area (Å²) in [6, 6.07) is 5.85. The van der Waals surface area contributed by atoms with Crippen molar-refractivity contribution in [3.63, 3.8) is 0 Å². The van der Waals surface area contributed by atoms with Crippen molar-refractivity contribution >= 4 is 17.4 Å². The molecule has 1 aliphatic carbocycles. The third-order valence-electron chi connectivity index (χ3n) is 5.76. The molecule has 0 spiro atoms. The highest BCUT2D eigenvalue weighted by Gasteiger charge is 2.29. The summed E-state index contributed by atoms with van der Waals surface area (Å²) < 4.78 is 11.8. The van der Waals surface area contributed by atoms with Crippen LogP contribution >= 0.6 is 0 Å². The molecule has 1 amide bonds. The van der Waals surface area contributed by atoms with Gasteiger partial charge in [0.25, 0.3) is 5.91 Å². The number of carbonyl (C=O) groups excluding carboxylic acids is 1. The minimum Gasteiger partial charge on any atom is -0.504 e. The van der Waals surface area contributed by atoms with Crippen LogP contribution in [-0.2, 0) is 20.7 Å². The number of nitrogens with zero attached hydrogens (tertiary/aromatic N) is 3. The molecule has 0 radical (unpaired) electrons. The maximum Gasteiger partial charge on any atom is 0.322 e. The van der Waals surface area contributed by atoms with Gasteiger partial charge in [-0.1, -0.05) is 24.3 Å². The van der Waals surface area contributed by atoms with E-state index < -0.39 is 24.7 Å². The van der Waals surface area contributed by atoms with E-state index in [4.69, 9.17) is 14.6 Å². The summed E-state index contributed by atoms with van der Waals surface area (Å²) in [5.74, 6) is -1.62. The van der Waals surface area contributed by atoms with E-state index in [0.717, 1.165) is 17.7 Å². The molecule has 3 heterocycles. The van der Waals surface area contributed by atoms with Crippen LogP contribution in [0.3, 0.4) is 0 Å². The Bertz CT molecular complexity index is 1110. The van der Waals surface area contributed by atoms with E-state index in [2.05, 4.69) is 38.5 Å². The number of allylic oxidation sites excluding steroid dienone is 4. The Hall–Kier alpha value is -3.63. The molecular formula is C24H26N4O6. The Morgan fingerprint density at radius 2 is 2.00 bits per heavy atom. The van der Waals surface area contributed by atoms with E-state index in [1.165, 1.54) is 6.92 Å². The Balaban J connectivity index is 1.32. The molecule has 2 aliphatic rings. The Kier molecular flexibility index (Phi) is 7.29. The molecule has 10 heteroatoms. The van der Waals surface area contributed by atoms with Crippen molar-refractivity contribution < 1.29 is 29.3 Å². The van der Waals surface area contributed by atoms with Gasteiger partial charge in [-0.05, 0) is 37.0 Å². The number of carbonyl (C=O) groups is 2. The zero-order valence-corrected chi connectivity index (χ0v) is 18.7. The number of amides is 1. The van der Waals surface area contributed by atoms with Gasteiger partial charge in [0, 0.05) is 12.1 Å². The molecule has 10 nitrogen and oxygen atoms in total. The summed E-state index contributed by atoms with van der Waals surface area (Å²) in [6.07, 6.45) is 8.72. The van der Waals surface area contributed by atoms with Crippen LogP contribution in [0.1, 0.15) is 34.1 Å². The van der Waals surface area contributed by atoms with Crippen LogP contribution in [0.4, 0.5) is 0 Å². The smallest absolute Gasteiger partial charge is 0.322 e. The second-order valence-electron chi connectivity index (χ2n) is 8.19. The number of carboxylic acid groups (broad SMARTS) is 1. The predicted molar refractivity (Wildman–Crippen MR) is 121 cm³/mol. The summed E-state index contributed by atoms with van der Waals surface area (Å²) >= 11 is 0. The van der Waals surface area contributed by atoms with Crippen molar-refractivity contribution in [3.05, 3.63) is 65.5 Å². The lowest BCUT2D eigenvalue weighted by Crippen LogP contribution is -2.37. The first-order valence-corrected chi connectivity index (χ1v) is 11.0. The summed E-state index contributed by atoms with van der Waals surface area (Å²) in [5, 5.41) is 21.0. The molecule has 1 unspecified atom stereocenters. The van der Waals surface area contributed by atoms with Gasteiger partial charge in [-0.15, -0.1) is 0 Å². The third kappa shape index (κ3) is 5.64. The van der Waals surface area contributed by atoms with Gasteiger partial charge >= 0.3 is 5.97 Å². The van der Waals surface area contributed by atoms with Crippen molar-refractivity contribution in [2.75, 3.05) is 19.8 Å². The fraction of sp³-hybridized carbons (Fsp3) is 0.375. The zero-order chi connectivity index (χ0) is 24.1. The molecule has 1 fully saturated rings. The average Bonchev–Trinajstić information content (AvgIpc) is 2.86. The largest absolute Gasteiger partial charge is 0.504 e. The zero-order valence-electron chi connectivity index (χ0n) is 18.7. The molecule has 34 heavy (non-hydrogen) atoms. The minimum absolute atomic E-state index is 0.192. The molecule has 0 saturated carbocycles. The fourth-order valence-electron chi connectivity index (χ4n) is 3.90. The molecule has 0 aromatic carbocycles. The van der Waals surface area contributed by atoms with Crippen LogP contribution in [0.25, 0.3) is 5.57 Å². The predicted octanol–water partition coefficient (Wildman–Crippen LogP) is 1.89. The normalized spacial score (nSPS) is 22.1. The summed E-state index contributed by atoms with van der Waals surface area (Å²) in [7, 11) is 0. The molecule has 2 aromatic heterocycles. The van der Waals surface area contributed by atoms with Crippen molar-refractivity contribution in [2.45, 2.75) is 26.1 Å². The maximum absolute atomic E-state index is 12.2. The number of pyridine rings is 1. The number of aliphatic carboxylic acids is 1. The first kappa shape index (κ1) is 23.5. The number of ether oxygens (including phenoxy) is 2. The van der Waals surface area contributed by atoms with E-state index >= 15 is 0 Å². The summed E-state index contributed by atoms with van der Waals surface area (Å²) in [6.45, 7) is 1.97. The van der Waals surface area contributed by atoms with Crippen LogP contribution in [-0.4, -0.2) is 63.1 Å². The van der Waals surface area contributed by atoms with E-state index in [1.807, 2.05) is 18.2 Å².